The molecule has 4 nitrogen and oxygen atoms in total. The second-order valence-corrected chi connectivity index (χ2v) is 6.24. The lowest BCUT2D eigenvalue weighted by molar-refractivity contribution is 0.577. The zero-order chi connectivity index (χ0) is 13.6. The van der Waals surface area contributed by atoms with E-state index in [9.17, 15) is 8.42 Å². The Morgan fingerprint density at radius 2 is 1.72 bits per heavy atom. The van der Waals surface area contributed by atoms with E-state index >= 15 is 0 Å². The van der Waals surface area contributed by atoms with E-state index in [1.54, 1.807) is 12.1 Å². The smallest absolute Gasteiger partial charge is 0.240 e. The lowest BCUT2D eigenvalue weighted by atomic mass is 10.0. The Balaban J connectivity index is 2.67. The lowest BCUT2D eigenvalue weighted by Gasteiger charge is -2.09. The number of nitrogens with one attached hydrogen (secondary N) is 2. The van der Waals surface area contributed by atoms with Crippen LogP contribution in [0.1, 0.15) is 32.3 Å². The Labute approximate surface area is 110 Å². The van der Waals surface area contributed by atoms with Crippen molar-refractivity contribution in [3.05, 3.63) is 29.8 Å². The summed E-state index contributed by atoms with van der Waals surface area (Å²) in [6.07, 6.45) is 0. The van der Waals surface area contributed by atoms with Gasteiger partial charge in [0.15, 0.2) is 0 Å². The summed E-state index contributed by atoms with van der Waals surface area (Å²) in [4.78, 5) is 0.323. The maximum Gasteiger partial charge on any atom is 0.240 e. The molecule has 0 amide bonds. The molecule has 0 spiro atoms. The van der Waals surface area contributed by atoms with Crippen LogP contribution in [0.15, 0.2) is 29.2 Å². The summed E-state index contributed by atoms with van der Waals surface area (Å²) in [6.45, 7) is 8.03. The second-order valence-electron chi connectivity index (χ2n) is 4.48. The minimum atomic E-state index is -3.37. The molecule has 0 aliphatic heterocycles. The van der Waals surface area contributed by atoms with Gasteiger partial charge >= 0.3 is 0 Å². The average molecular weight is 270 g/mol. The first-order valence-electron chi connectivity index (χ1n) is 6.27. The molecule has 0 atom stereocenters. The Bertz CT molecular complexity index is 452. The third kappa shape index (κ3) is 4.40. The van der Waals surface area contributed by atoms with Crippen molar-refractivity contribution in [2.24, 2.45) is 0 Å². The van der Waals surface area contributed by atoms with Crippen LogP contribution >= 0.6 is 0 Å². The number of hydrogen-bond acceptors (Lipinski definition) is 3. The maximum absolute atomic E-state index is 11.9. The van der Waals surface area contributed by atoms with E-state index in [-0.39, 0.29) is 0 Å². The number of likely N-dealkylation sites (N-methyl/N-ethyl adjacent to an activating group) is 1. The molecule has 0 aliphatic carbocycles. The monoisotopic (exact) mass is 270 g/mol. The SMILES string of the molecule is CCNCCNS(=O)(=O)c1ccc(C(C)C)cc1. The molecule has 2 N–H and O–H groups in total. The van der Waals surface area contributed by atoms with Crippen molar-refractivity contribution in [1.82, 2.24) is 10.0 Å². The van der Waals surface area contributed by atoms with Crippen molar-refractivity contribution in [2.45, 2.75) is 31.6 Å². The van der Waals surface area contributed by atoms with Gasteiger partial charge in [0, 0.05) is 13.1 Å². The van der Waals surface area contributed by atoms with Crippen LogP contribution in [0.25, 0.3) is 0 Å². The van der Waals surface area contributed by atoms with Gasteiger partial charge in [-0.25, -0.2) is 13.1 Å². The number of hydrogen-bond donors (Lipinski definition) is 2. The van der Waals surface area contributed by atoms with Gasteiger partial charge in [-0.3, -0.25) is 0 Å². The predicted molar refractivity (Wildman–Crippen MR) is 74.3 cm³/mol. The molecule has 0 heterocycles. The molecule has 0 radical (unpaired) electrons. The third-order valence-corrected chi connectivity index (χ3v) is 4.18. The van der Waals surface area contributed by atoms with E-state index in [1.807, 2.05) is 19.1 Å². The van der Waals surface area contributed by atoms with E-state index < -0.39 is 10.0 Å². The van der Waals surface area contributed by atoms with Crippen molar-refractivity contribution in [3.8, 4) is 0 Å². The fraction of sp³-hybridized carbons (Fsp3) is 0.538. The van der Waals surface area contributed by atoms with Gasteiger partial charge in [-0.1, -0.05) is 32.9 Å². The average Bonchev–Trinajstić information content (AvgIpc) is 2.35. The van der Waals surface area contributed by atoms with Crippen molar-refractivity contribution < 1.29 is 8.42 Å². The Hall–Kier alpha value is -0.910. The first-order valence-corrected chi connectivity index (χ1v) is 7.76. The molecule has 5 heteroatoms. The quantitative estimate of drug-likeness (QED) is 0.741. The highest BCUT2D eigenvalue weighted by molar-refractivity contribution is 7.89. The molecule has 1 aromatic carbocycles. The maximum atomic E-state index is 11.9. The van der Waals surface area contributed by atoms with Gasteiger partial charge in [-0.05, 0) is 30.2 Å². The Kier molecular flexibility index (Phi) is 5.78. The molecule has 0 aromatic heterocycles. The molecule has 1 rings (SSSR count). The van der Waals surface area contributed by atoms with Gasteiger partial charge in [0.05, 0.1) is 4.90 Å². The molecule has 18 heavy (non-hydrogen) atoms. The van der Waals surface area contributed by atoms with E-state index in [0.29, 0.717) is 23.9 Å². The van der Waals surface area contributed by atoms with E-state index in [2.05, 4.69) is 23.9 Å². The van der Waals surface area contributed by atoms with E-state index in [1.165, 1.54) is 0 Å². The Morgan fingerprint density at radius 3 is 2.22 bits per heavy atom. The number of benzene rings is 1. The fourth-order valence-electron chi connectivity index (χ4n) is 1.57. The zero-order valence-electron chi connectivity index (χ0n) is 11.2. The van der Waals surface area contributed by atoms with Crippen LogP contribution in [0.5, 0.6) is 0 Å². The molecule has 0 saturated carbocycles. The molecule has 0 saturated heterocycles. The van der Waals surface area contributed by atoms with Gasteiger partial charge in [0.1, 0.15) is 0 Å². The van der Waals surface area contributed by atoms with Gasteiger partial charge in [0.25, 0.3) is 0 Å². The van der Waals surface area contributed by atoms with Gasteiger partial charge in [-0.15, -0.1) is 0 Å². The Morgan fingerprint density at radius 1 is 1.11 bits per heavy atom. The van der Waals surface area contributed by atoms with Crippen LogP contribution in [-0.4, -0.2) is 28.1 Å². The van der Waals surface area contributed by atoms with Gasteiger partial charge < -0.3 is 5.32 Å². The van der Waals surface area contributed by atoms with E-state index in [0.717, 1.165) is 12.1 Å². The summed E-state index contributed by atoms with van der Waals surface area (Å²) < 4.78 is 26.4. The second kappa shape index (κ2) is 6.87. The minimum absolute atomic E-state index is 0.323. The molecule has 102 valence electrons. The highest BCUT2D eigenvalue weighted by Gasteiger charge is 2.13. The third-order valence-electron chi connectivity index (χ3n) is 2.70. The first kappa shape index (κ1) is 15.1. The van der Waals surface area contributed by atoms with Crippen molar-refractivity contribution in [2.75, 3.05) is 19.6 Å². The molecular weight excluding hydrogens is 248 g/mol. The summed E-state index contributed by atoms with van der Waals surface area (Å²) in [5, 5.41) is 3.07. The molecule has 1 aromatic rings. The van der Waals surface area contributed by atoms with Crippen LogP contribution in [-0.2, 0) is 10.0 Å². The van der Waals surface area contributed by atoms with Crippen molar-refractivity contribution in [3.63, 3.8) is 0 Å². The topological polar surface area (TPSA) is 58.2 Å². The zero-order valence-corrected chi connectivity index (χ0v) is 12.0. The molecular formula is C13H22N2O2S. The summed E-state index contributed by atoms with van der Waals surface area (Å²) in [6, 6.07) is 7.04. The minimum Gasteiger partial charge on any atom is -0.316 e. The van der Waals surface area contributed by atoms with Crippen LogP contribution in [0.2, 0.25) is 0 Å². The lowest BCUT2D eigenvalue weighted by Crippen LogP contribution is -2.31. The van der Waals surface area contributed by atoms with Crippen LogP contribution in [0, 0.1) is 0 Å². The van der Waals surface area contributed by atoms with Crippen molar-refractivity contribution >= 4 is 10.0 Å². The molecule has 0 aliphatic rings. The highest BCUT2D eigenvalue weighted by atomic mass is 32.2. The summed E-state index contributed by atoms with van der Waals surface area (Å²) in [5.74, 6) is 0.406. The normalized spacial score (nSPS) is 12.0. The van der Waals surface area contributed by atoms with Crippen LogP contribution < -0.4 is 10.0 Å². The number of rotatable bonds is 7. The van der Waals surface area contributed by atoms with Gasteiger partial charge in [-0.2, -0.15) is 0 Å². The summed E-state index contributed by atoms with van der Waals surface area (Å²) >= 11 is 0. The first-order chi connectivity index (χ1) is 8.47. The van der Waals surface area contributed by atoms with Crippen LogP contribution in [0.4, 0.5) is 0 Å². The molecule has 0 bridgehead atoms. The van der Waals surface area contributed by atoms with Gasteiger partial charge in [0.2, 0.25) is 10.0 Å². The van der Waals surface area contributed by atoms with E-state index in [4.69, 9.17) is 0 Å². The molecule has 0 fully saturated rings. The fourth-order valence-corrected chi connectivity index (χ4v) is 2.60. The largest absolute Gasteiger partial charge is 0.316 e. The number of sulfonamides is 1. The summed E-state index contributed by atoms with van der Waals surface area (Å²) in [7, 11) is -3.37. The molecule has 0 unspecified atom stereocenters. The van der Waals surface area contributed by atoms with Crippen molar-refractivity contribution in [1.29, 1.82) is 0 Å². The summed E-state index contributed by atoms with van der Waals surface area (Å²) in [5.41, 5.74) is 1.14. The standard InChI is InChI=1S/C13H22N2O2S/c1-4-14-9-10-15-18(16,17)13-7-5-12(6-8-13)11(2)3/h5-8,11,14-15H,4,9-10H2,1-3H3. The highest BCUT2D eigenvalue weighted by Crippen LogP contribution is 2.16. The van der Waals surface area contributed by atoms with Crippen LogP contribution in [0.3, 0.4) is 0 Å². The predicted octanol–water partition coefficient (Wildman–Crippen LogP) is 1.70.